The van der Waals surface area contributed by atoms with E-state index in [1.807, 2.05) is 0 Å². The van der Waals surface area contributed by atoms with Crippen LogP contribution in [-0.4, -0.2) is 15.9 Å². The number of amides is 1. The number of aromatic amines is 1. The summed E-state index contributed by atoms with van der Waals surface area (Å²) in [7, 11) is 0. The van der Waals surface area contributed by atoms with Gasteiger partial charge in [0.25, 0.3) is 5.91 Å². The summed E-state index contributed by atoms with van der Waals surface area (Å²) in [4.78, 5) is 29.0. The lowest BCUT2D eigenvalue weighted by Gasteiger charge is -2.04. The van der Waals surface area contributed by atoms with Crippen LogP contribution < -0.4 is 10.9 Å². The molecule has 0 aliphatic carbocycles. The lowest BCUT2D eigenvalue weighted by atomic mass is 10.3. The second-order valence-corrected chi connectivity index (χ2v) is 3.64. The Morgan fingerprint density at radius 1 is 1.29 bits per heavy atom. The summed E-state index contributed by atoms with van der Waals surface area (Å²) in [5, 5.41) is 2.93. The second kappa shape index (κ2) is 4.80. The van der Waals surface area contributed by atoms with E-state index in [4.69, 9.17) is 11.6 Å². The van der Waals surface area contributed by atoms with E-state index in [9.17, 15) is 9.59 Å². The molecule has 17 heavy (non-hydrogen) atoms. The lowest BCUT2D eigenvalue weighted by molar-refractivity contribution is 0.102. The molecule has 0 saturated heterocycles. The molecule has 0 radical (unpaired) electrons. The summed E-state index contributed by atoms with van der Waals surface area (Å²) in [6, 6.07) is 7.54. The van der Waals surface area contributed by atoms with Crippen molar-refractivity contribution < 1.29 is 4.79 Å². The van der Waals surface area contributed by atoms with Crippen molar-refractivity contribution in [1.82, 2.24) is 9.97 Å². The van der Waals surface area contributed by atoms with Crippen LogP contribution in [0.1, 0.15) is 10.5 Å². The first-order chi connectivity index (χ1) is 8.15. The Labute approximate surface area is 101 Å². The maximum absolute atomic E-state index is 11.7. The molecule has 0 fully saturated rings. The summed E-state index contributed by atoms with van der Waals surface area (Å²) in [6.45, 7) is 0. The molecule has 0 aliphatic rings. The number of nitrogens with one attached hydrogen (secondary N) is 2. The molecule has 2 aromatic rings. The van der Waals surface area contributed by atoms with Crippen molar-refractivity contribution in [2.24, 2.45) is 0 Å². The number of carbonyl (C=O) groups is 1. The van der Waals surface area contributed by atoms with Gasteiger partial charge in [0.1, 0.15) is 10.8 Å². The monoisotopic (exact) mass is 249 g/mol. The molecule has 5 nitrogen and oxygen atoms in total. The summed E-state index contributed by atoms with van der Waals surface area (Å²) in [6.07, 6.45) is 1.43. The second-order valence-electron chi connectivity index (χ2n) is 3.25. The Morgan fingerprint density at radius 2 is 2.12 bits per heavy atom. The standard InChI is InChI=1S/C11H8ClN3O2/c12-9-5-4-7(6-13-9)14-11(17)8-2-1-3-10(16)15-8/h1-6H,(H,14,17)(H,15,16). The van der Waals surface area contributed by atoms with Gasteiger partial charge in [-0.2, -0.15) is 0 Å². The molecule has 2 rings (SSSR count). The van der Waals surface area contributed by atoms with E-state index < -0.39 is 5.91 Å². The third kappa shape index (κ3) is 2.92. The maximum atomic E-state index is 11.7. The number of carbonyl (C=O) groups excluding carboxylic acids is 1. The molecule has 0 atom stereocenters. The predicted molar refractivity (Wildman–Crippen MR) is 64.3 cm³/mol. The highest BCUT2D eigenvalue weighted by molar-refractivity contribution is 6.29. The fraction of sp³-hybridized carbons (Fsp3) is 0. The van der Waals surface area contributed by atoms with Crippen molar-refractivity contribution in [3.63, 3.8) is 0 Å². The molecule has 0 spiro atoms. The van der Waals surface area contributed by atoms with Crippen molar-refractivity contribution in [3.8, 4) is 0 Å². The van der Waals surface area contributed by atoms with Crippen molar-refractivity contribution in [1.29, 1.82) is 0 Å². The SMILES string of the molecule is O=C(Nc1ccc(Cl)nc1)c1cccc(=O)[nH]1. The zero-order chi connectivity index (χ0) is 12.3. The first-order valence-corrected chi connectivity index (χ1v) is 5.15. The topological polar surface area (TPSA) is 74.8 Å². The fourth-order valence-electron chi connectivity index (χ4n) is 1.23. The summed E-state index contributed by atoms with van der Waals surface area (Å²) in [5.74, 6) is -0.410. The third-order valence-corrected chi connectivity index (χ3v) is 2.22. The van der Waals surface area contributed by atoms with Gasteiger partial charge in [-0.3, -0.25) is 9.59 Å². The first-order valence-electron chi connectivity index (χ1n) is 4.77. The molecule has 0 unspecified atom stereocenters. The van der Waals surface area contributed by atoms with E-state index in [0.29, 0.717) is 10.8 Å². The molecule has 0 aromatic carbocycles. The number of hydrogen-bond donors (Lipinski definition) is 2. The molecule has 0 saturated carbocycles. The van der Waals surface area contributed by atoms with Crippen LogP contribution in [0.25, 0.3) is 0 Å². The molecule has 6 heteroatoms. The number of nitrogens with zero attached hydrogens (tertiary/aromatic N) is 1. The highest BCUT2D eigenvalue weighted by atomic mass is 35.5. The van der Waals surface area contributed by atoms with Gasteiger partial charge < -0.3 is 10.3 Å². The van der Waals surface area contributed by atoms with E-state index in [1.54, 1.807) is 12.1 Å². The maximum Gasteiger partial charge on any atom is 0.272 e. The van der Waals surface area contributed by atoms with Gasteiger partial charge in [0.05, 0.1) is 11.9 Å². The van der Waals surface area contributed by atoms with Gasteiger partial charge in [-0.05, 0) is 18.2 Å². The molecule has 86 valence electrons. The van der Waals surface area contributed by atoms with E-state index in [-0.39, 0.29) is 11.3 Å². The van der Waals surface area contributed by atoms with Gasteiger partial charge in [-0.25, -0.2) is 4.98 Å². The van der Waals surface area contributed by atoms with Gasteiger partial charge in [0.2, 0.25) is 5.56 Å². The zero-order valence-corrected chi connectivity index (χ0v) is 9.36. The highest BCUT2D eigenvalue weighted by Crippen LogP contribution is 2.10. The summed E-state index contributed by atoms with van der Waals surface area (Å²) >= 11 is 5.61. The van der Waals surface area contributed by atoms with Crippen molar-refractivity contribution >= 4 is 23.2 Å². The molecule has 0 bridgehead atoms. The average molecular weight is 250 g/mol. The predicted octanol–water partition coefficient (Wildman–Crippen LogP) is 1.68. The highest BCUT2D eigenvalue weighted by Gasteiger charge is 2.06. The van der Waals surface area contributed by atoms with Crippen LogP contribution in [0.2, 0.25) is 5.15 Å². The van der Waals surface area contributed by atoms with Crippen LogP contribution in [0.15, 0.2) is 41.3 Å². The Balaban J connectivity index is 2.17. The van der Waals surface area contributed by atoms with Gasteiger partial charge in [0, 0.05) is 6.07 Å². The fourth-order valence-corrected chi connectivity index (χ4v) is 1.34. The smallest absolute Gasteiger partial charge is 0.272 e. The molecule has 0 aliphatic heterocycles. The third-order valence-electron chi connectivity index (χ3n) is 2.00. The number of rotatable bonds is 2. The van der Waals surface area contributed by atoms with Crippen LogP contribution >= 0.6 is 11.6 Å². The lowest BCUT2D eigenvalue weighted by Crippen LogP contribution is -2.17. The van der Waals surface area contributed by atoms with E-state index in [1.165, 1.54) is 24.4 Å². The minimum atomic E-state index is -0.410. The molecular formula is C11H8ClN3O2. The minimum Gasteiger partial charge on any atom is -0.319 e. The van der Waals surface area contributed by atoms with E-state index in [2.05, 4.69) is 15.3 Å². The number of aromatic nitrogens is 2. The molecule has 2 N–H and O–H groups in total. The first kappa shape index (κ1) is 11.3. The minimum absolute atomic E-state index is 0.187. The van der Waals surface area contributed by atoms with Gasteiger partial charge >= 0.3 is 0 Å². The zero-order valence-electron chi connectivity index (χ0n) is 8.61. The number of pyridine rings is 2. The Morgan fingerprint density at radius 3 is 2.76 bits per heavy atom. The Kier molecular flexibility index (Phi) is 3.20. The van der Waals surface area contributed by atoms with Crippen LogP contribution in [0.3, 0.4) is 0 Å². The average Bonchev–Trinajstić information content (AvgIpc) is 2.32. The number of halogens is 1. The number of H-pyrrole nitrogens is 1. The summed E-state index contributed by atoms with van der Waals surface area (Å²) in [5.41, 5.74) is 0.364. The largest absolute Gasteiger partial charge is 0.319 e. The van der Waals surface area contributed by atoms with E-state index >= 15 is 0 Å². The number of anilines is 1. The van der Waals surface area contributed by atoms with Crippen molar-refractivity contribution in [3.05, 3.63) is 57.7 Å². The Hall–Kier alpha value is -2.14. The quantitative estimate of drug-likeness (QED) is 0.795. The Bertz CT molecular complexity index is 592. The van der Waals surface area contributed by atoms with Crippen LogP contribution in [0.4, 0.5) is 5.69 Å². The van der Waals surface area contributed by atoms with Crippen LogP contribution in [0, 0.1) is 0 Å². The van der Waals surface area contributed by atoms with Gasteiger partial charge in [-0.15, -0.1) is 0 Å². The number of hydrogen-bond acceptors (Lipinski definition) is 3. The molecule has 2 heterocycles. The van der Waals surface area contributed by atoms with Crippen molar-refractivity contribution in [2.75, 3.05) is 5.32 Å². The molecular weight excluding hydrogens is 242 g/mol. The molecule has 2 aromatic heterocycles. The van der Waals surface area contributed by atoms with Crippen molar-refractivity contribution in [2.45, 2.75) is 0 Å². The van der Waals surface area contributed by atoms with Crippen LogP contribution in [-0.2, 0) is 0 Å². The van der Waals surface area contributed by atoms with Crippen LogP contribution in [0.5, 0.6) is 0 Å². The molecule has 1 amide bonds. The van der Waals surface area contributed by atoms with Gasteiger partial charge in [0.15, 0.2) is 0 Å². The van der Waals surface area contributed by atoms with E-state index in [0.717, 1.165) is 0 Å². The van der Waals surface area contributed by atoms with Gasteiger partial charge in [-0.1, -0.05) is 17.7 Å². The normalized spacial score (nSPS) is 9.94. The summed E-state index contributed by atoms with van der Waals surface area (Å²) < 4.78 is 0.